The molecule has 1 heterocycles. The van der Waals surface area contributed by atoms with Gasteiger partial charge < -0.3 is 14.4 Å². The van der Waals surface area contributed by atoms with Crippen molar-refractivity contribution in [1.82, 2.24) is 9.55 Å². The maximum Gasteiger partial charge on any atom is 0.339 e. The van der Waals surface area contributed by atoms with E-state index in [0.29, 0.717) is 12.4 Å². The van der Waals surface area contributed by atoms with Gasteiger partial charge in [0, 0.05) is 18.9 Å². The summed E-state index contributed by atoms with van der Waals surface area (Å²) in [5.74, 6) is -0.559. The first-order valence-corrected chi connectivity index (χ1v) is 5.68. The first-order chi connectivity index (χ1) is 8.77. The Morgan fingerprint density at radius 1 is 1.39 bits per heavy atom. The van der Waals surface area contributed by atoms with Crippen molar-refractivity contribution >= 4 is 5.97 Å². The van der Waals surface area contributed by atoms with Crippen LogP contribution >= 0.6 is 0 Å². The highest BCUT2D eigenvalue weighted by molar-refractivity contribution is 5.90. The van der Waals surface area contributed by atoms with Crippen LogP contribution in [-0.2, 0) is 6.54 Å². The highest BCUT2D eigenvalue weighted by Gasteiger charge is 2.09. The third-order valence-corrected chi connectivity index (χ3v) is 2.49. The number of ether oxygens (including phenoxy) is 1. The summed E-state index contributed by atoms with van der Waals surface area (Å²) in [6.07, 6.45) is 6.14. The number of aromatic nitrogens is 2. The number of imidazole rings is 1. The summed E-state index contributed by atoms with van der Waals surface area (Å²) in [4.78, 5) is 14.9. The predicted molar refractivity (Wildman–Crippen MR) is 65.7 cm³/mol. The zero-order chi connectivity index (χ0) is 12.8. The number of hydrogen-bond donors (Lipinski definition) is 1. The van der Waals surface area contributed by atoms with Gasteiger partial charge in [0.1, 0.15) is 11.3 Å². The van der Waals surface area contributed by atoms with E-state index < -0.39 is 5.97 Å². The molecule has 5 nitrogen and oxygen atoms in total. The quantitative estimate of drug-likeness (QED) is 0.792. The molecular formula is C13H14N2O3. The van der Waals surface area contributed by atoms with E-state index in [-0.39, 0.29) is 5.56 Å². The van der Waals surface area contributed by atoms with Crippen molar-refractivity contribution < 1.29 is 14.6 Å². The molecule has 0 spiro atoms. The van der Waals surface area contributed by atoms with Crippen LogP contribution in [0.25, 0.3) is 0 Å². The van der Waals surface area contributed by atoms with Crippen LogP contribution in [0.2, 0.25) is 0 Å². The smallest absolute Gasteiger partial charge is 0.339 e. The van der Waals surface area contributed by atoms with Gasteiger partial charge in [-0.3, -0.25) is 0 Å². The lowest BCUT2D eigenvalue weighted by atomic mass is 10.2. The van der Waals surface area contributed by atoms with E-state index in [0.717, 1.165) is 13.0 Å². The molecule has 0 atom stereocenters. The average molecular weight is 246 g/mol. The monoisotopic (exact) mass is 246 g/mol. The molecule has 0 unspecified atom stereocenters. The van der Waals surface area contributed by atoms with Gasteiger partial charge >= 0.3 is 5.97 Å². The molecule has 0 aliphatic rings. The summed E-state index contributed by atoms with van der Waals surface area (Å²) in [5, 5.41) is 8.98. The van der Waals surface area contributed by atoms with Crippen LogP contribution in [0.1, 0.15) is 16.8 Å². The van der Waals surface area contributed by atoms with E-state index in [2.05, 4.69) is 4.98 Å². The minimum atomic E-state index is -0.972. The molecule has 0 saturated heterocycles. The number of nitrogens with zero attached hydrogens (tertiary/aromatic N) is 2. The fourth-order valence-electron chi connectivity index (χ4n) is 1.62. The van der Waals surface area contributed by atoms with Crippen molar-refractivity contribution in [3.63, 3.8) is 0 Å². The molecule has 1 aromatic carbocycles. The Morgan fingerprint density at radius 2 is 2.22 bits per heavy atom. The molecule has 0 aliphatic carbocycles. The van der Waals surface area contributed by atoms with Crippen LogP contribution in [-0.4, -0.2) is 27.2 Å². The summed E-state index contributed by atoms with van der Waals surface area (Å²) in [5.41, 5.74) is 0.195. The Balaban J connectivity index is 1.85. The van der Waals surface area contributed by atoms with Gasteiger partial charge in [-0.15, -0.1) is 0 Å². The van der Waals surface area contributed by atoms with Crippen molar-refractivity contribution in [3.05, 3.63) is 48.5 Å². The number of benzene rings is 1. The highest BCUT2D eigenvalue weighted by atomic mass is 16.5. The number of carboxylic acids is 1. The van der Waals surface area contributed by atoms with Crippen LogP contribution in [0, 0.1) is 0 Å². The Labute approximate surface area is 105 Å². The second kappa shape index (κ2) is 5.86. The van der Waals surface area contributed by atoms with Crippen molar-refractivity contribution in [3.8, 4) is 5.75 Å². The van der Waals surface area contributed by atoms with Gasteiger partial charge in [-0.05, 0) is 18.6 Å². The lowest BCUT2D eigenvalue weighted by Gasteiger charge is -2.08. The van der Waals surface area contributed by atoms with Crippen molar-refractivity contribution in [2.24, 2.45) is 0 Å². The van der Waals surface area contributed by atoms with Gasteiger partial charge in [0.15, 0.2) is 0 Å². The van der Waals surface area contributed by atoms with Crippen molar-refractivity contribution in [1.29, 1.82) is 0 Å². The third-order valence-electron chi connectivity index (χ3n) is 2.49. The van der Waals surface area contributed by atoms with Crippen LogP contribution in [0.4, 0.5) is 0 Å². The Bertz CT molecular complexity index is 509. The molecule has 18 heavy (non-hydrogen) atoms. The molecule has 94 valence electrons. The van der Waals surface area contributed by atoms with Crippen LogP contribution in [0.3, 0.4) is 0 Å². The number of hydrogen-bond acceptors (Lipinski definition) is 3. The molecule has 2 rings (SSSR count). The first-order valence-electron chi connectivity index (χ1n) is 5.68. The second-order valence-electron chi connectivity index (χ2n) is 3.80. The second-order valence-corrected chi connectivity index (χ2v) is 3.80. The van der Waals surface area contributed by atoms with Crippen molar-refractivity contribution in [2.75, 3.05) is 6.61 Å². The van der Waals surface area contributed by atoms with Crippen LogP contribution in [0.5, 0.6) is 5.75 Å². The highest BCUT2D eigenvalue weighted by Crippen LogP contribution is 2.17. The maximum absolute atomic E-state index is 10.9. The van der Waals surface area contributed by atoms with Crippen LogP contribution < -0.4 is 4.74 Å². The minimum absolute atomic E-state index is 0.195. The van der Waals surface area contributed by atoms with E-state index in [1.54, 1.807) is 30.7 Å². The summed E-state index contributed by atoms with van der Waals surface area (Å²) in [6.45, 7) is 1.28. The van der Waals surface area contributed by atoms with E-state index in [9.17, 15) is 4.79 Å². The molecule has 1 aromatic heterocycles. The lowest BCUT2D eigenvalue weighted by Crippen LogP contribution is -2.06. The molecule has 0 bridgehead atoms. The van der Waals surface area contributed by atoms with Gasteiger partial charge in [0.2, 0.25) is 0 Å². The summed E-state index contributed by atoms with van der Waals surface area (Å²) in [7, 11) is 0. The number of carboxylic acid groups (broad SMARTS) is 1. The van der Waals surface area contributed by atoms with Gasteiger partial charge in [0.25, 0.3) is 0 Å². The van der Waals surface area contributed by atoms with Gasteiger partial charge in [-0.1, -0.05) is 12.1 Å². The normalized spacial score (nSPS) is 10.2. The first kappa shape index (κ1) is 12.2. The molecule has 1 N–H and O–H groups in total. The number of aryl methyl sites for hydroxylation is 1. The summed E-state index contributed by atoms with van der Waals surface area (Å²) in [6, 6.07) is 6.65. The molecule has 0 radical (unpaired) electrons. The number of aromatic carboxylic acids is 1. The summed E-state index contributed by atoms with van der Waals surface area (Å²) >= 11 is 0. The zero-order valence-corrected chi connectivity index (χ0v) is 9.82. The lowest BCUT2D eigenvalue weighted by molar-refractivity contribution is 0.0692. The number of carbonyl (C=O) groups is 1. The molecule has 0 aliphatic heterocycles. The van der Waals surface area contributed by atoms with Gasteiger partial charge in [0.05, 0.1) is 12.9 Å². The molecular weight excluding hydrogens is 232 g/mol. The topological polar surface area (TPSA) is 64.3 Å². The van der Waals surface area contributed by atoms with Gasteiger partial charge in [-0.25, -0.2) is 9.78 Å². The third kappa shape index (κ3) is 3.10. The zero-order valence-electron chi connectivity index (χ0n) is 9.82. The molecule has 0 amide bonds. The van der Waals surface area contributed by atoms with Crippen molar-refractivity contribution in [2.45, 2.75) is 13.0 Å². The van der Waals surface area contributed by atoms with E-state index >= 15 is 0 Å². The largest absolute Gasteiger partial charge is 0.493 e. The number of para-hydroxylation sites is 1. The average Bonchev–Trinajstić information content (AvgIpc) is 2.88. The Kier molecular flexibility index (Phi) is 3.96. The molecule has 0 saturated carbocycles. The SMILES string of the molecule is O=C(O)c1ccccc1OCCCn1ccnc1. The molecule has 2 aromatic rings. The minimum Gasteiger partial charge on any atom is -0.493 e. The fraction of sp³-hybridized carbons (Fsp3) is 0.231. The number of rotatable bonds is 6. The maximum atomic E-state index is 10.9. The van der Waals surface area contributed by atoms with Crippen LogP contribution in [0.15, 0.2) is 43.0 Å². The summed E-state index contributed by atoms with van der Waals surface area (Å²) < 4.78 is 7.43. The van der Waals surface area contributed by atoms with E-state index in [1.165, 1.54) is 6.07 Å². The van der Waals surface area contributed by atoms with E-state index in [4.69, 9.17) is 9.84 Å². The predicted octanol–water partition coefficient (Wildman–Crippen LogP) is 2.05. The van der Waals surface area contributed by atoms with E-state index in [1.807, 2.05) is 10.8 Å². The molecule has 5 heteroatoms. The Morgan fingerprint density at radius 3 is 2.94 bits per heavy atom. The van der Waals surface area contributed by atoms with Gasteiger partial charge in [-0.2, -0.15) is 0 Å². The fourth-order valence-corrected chi connectivity index (χ4v) is 1.62. The Hall–Kier alpha value is -2.30. The molecule has 0 fully saturated rings. The standard InChI is InChI=1S/C13H14N2O3/c16-13(17)11-4-1-2-5-12(11)18-9-3-7-15-8-6-14-10-15/h1-2,4-6,8,10H,3,7,9H2,(H,16,17).